The maximum atomic E-state index is 13.1. The Balaban J connectivity index is 1.51. The zero-order valence-electron chi connectivity index (χ0n) is 15.9. The van der Waals surface area contributed by atoms with Gasteiger partial charge in [-0.25, -0.2) is 0 Å². The van der Waals surface area contributed by atoms with E-state index in [0.717, 1.165) is 38.3 Å². The number of likely N-dealkylation sites (N-methyl/N-ethyl adjacent to an activating group) is 1. The quantitative estimate of drug-likeness (QED) is 0.824. The van der Waals surface area contributed by atoms with Crippen LogP contribution in [0.4, 0.5) is 5.69 Å². The Hall–Kier alpha value is -2.66. The Bertz CT molecular complexity index is 854. The molecule has 0 N–H and O–H groups in total. The van der Waals surface area contributed by atoms with E-state index in [0.29, 0.717) is 11.1 Å². The molecule has 0 saturated carbocycles. The Kier molecular flexibility index (Phi) is 4.70. The molecule has 2 amide bonds. The van der Waals surface area contributed by atoms with Crippen molar-refractivity contribution in [2.24, 2.45) is 0 Å². The maximum absolute atomic E-state index is 13.1. The van der Waals surface area contributed by atoms with Gasteiger partial charge in [0.1, 0.15) is 0 Å². The number of hydrogen-bond acceptors (Lipinski definition) is 3. The SMILES string of the molecule is CC1Cc2ccccc2N1C(=O)c1ccc(C(=O)N2CCN(C)CC2)cc1. The van der Waals surface area contributed by atoms with Gasteiger partial charge >= 0.3 is 0 Å². The van der Waals surface area contributed by atoms with Gasteiger partial charge in [0, 0.05) is 49.0 Å². The average molecular weight is 363 g/mol. The standard InChI is InChI=1S/C22H25N3O2/c1-16-15-19-5-3-4-6-20(19)25(16)22(27)18-9-7-17(8-10-18)21(26)24-13-11-23(2)12-14-24/h3-10,16H,11-15H2,1-2H3. The van der Waals surface area contributed by atoms with Crippen LogP contribution in [0.5, 0.6) is 0 Å². The van der Waals surface area contributed by atoms with Gasteiger partial charge in [-0.2, -0.15) is 0 Å². The Morgan fingerprint density at radius 1 is 0.852 bits per heavy atom. The minimum Gasteiger partial charge on any atom is -0.336 e. The molecule has 2 aliphatic rings. The van der Waals surface area contributed by atoms with E-state index >= 15 is 0 Å². The van der Waals surface area contributed by atoms with Crippen LogP contribution < -0.4 is 4.90 Å². The molecular weight excluding hydrogens is 338 g/mol. The molecular formula is C22H25N3O2. The Morgan fingerprint density at radius 2 is 1.44 bits per heavy atom. The molecule has 2 aliphatic heterocycles. The largest absolute Gasteiger partial charge is 0.336 e. The van der Waals surface area contributed by atoms with Crippen LogP contribution in [0.25, 0.3) is 0 Å². The summed E-state index contributed by atoms with van der Waals surface area (Å²) in [5.74, 6) is 0.0352. The second-order valence-corrected chi connectivity index (χ2v) is 7.53. The Labute approximate surface area is 160 Å². The monoisotopic (exact) mass is 363 g/mol. The second-order valence-electron chi connectivity index (χ2n) is 7.53. The molecule has 2 aromatic rings. The van der Waals surface area contributed by atoms with Crippen LogP contribution in [0.2, 0.25) is 0 Å². The number of amides is 2. The number of carbonyl (C=O) groups is 2. The van der Waals surface area contributed by atoms with Crippen molar-refractivity contribution in [1.82, 2.24) is 9.80 Å². The smallest absolute Gasteiger partial charge is 0.258 e. The fourth-order valence-corrected chi connectivity index (χ4v) is 3.96. The van der Waals surface area contributed by atoms with Gasteiger partial charge in [0.2, 0.25) is 0 Å². The Morgan fingerprint density at radius 3 is 2.11 bits per heavy atom. The lowest BCUT2D eigenvalue weighted by Gasteiger charge is -2.32. The predicted molar refractivity (Wildman–Crippen MR) is 106 cm³/mol. The van der Waals surface area contributed by atoms with E-state index in [2.05, 4.69) is 24.9 Å². The van der Waals surface area contributed by atoms with Crippen LogP contribution in [0.1, 0.15) is 33.2 Å². The van der Waals surface area contributed by atoms with Crippen molar-refractivity contribution in [3.05, 3.63) is 65.2 Å². The number of nitrogens with zero attached hydrogens (tertiary/aromatic N) is 3. The molecule has 0 aromatic heterocycles. The first-order valence-electron chi connectivity index (χ1n) is 9.54. The normalized spacial score (nSPS) is 19.9. The summed E-state index contributed by atoms with van der Waals surface area (Å²) < 4.78 is 0. The minimum absolute atomic E-state index is 0.00829. The van der Waals surface area contributed by atoms with Crippen molar-refractivity contribution in [3.63, 3.8) is 0 Å². The van der Waals surface area contributed by atoms with Gasteiger partial charge in [0.15, 0.2) is 0 Å². The molecule has 5 heteroatoms. The van der Waals surface area contributed by atoms with E-state index in [4.69, 9.17) is 0 Å². The lowest BCUT2D eigenvalue weighted by atomic mass is 10.1. The number of anilines is 1. The summed E-state index contributed by atoms with van der Waals surface area (Å²) in [6, 6.07) is 15.3. The summed E-state index contributed by atoms with van der Waals surface area (Å²) in [6.45, 7) is 5.36. The molecule has 140 valence electrons. The van der Waals surface area contributed by atoms with Crippen molar-refractivity contribution in [1.29, 1.82) is 0 Å². The molecule has 1 atom stereocenters. The van der Waals surface area contributed by atoms with Crippen LogP contribution in [0.15, 0.2) is 48.5 Å². The summed E-state index contributed by atoms with van der Waals surface area (Å²) >= 11 is 0. The van der Waals surface area contributed by atoms with Crippen LogP contribution >= 0.6 is 0 Å². The van der Waals surface area contributed by atoms with E-state index in [9.17, 15) is 9.59 Å². The van der Waals surface area contributed by atoms with Crippen molar-refractivity contribution >= 4 is 17.5 Å². The first-order valence-corrected chi connectivity index (χ1v) is 9.54. The summed E-state index contributed by atoms with van der Waals surface area (Å²) in [5.41, 5.74) is 3.47. The van der Waals surface area contributed by atoms with Gasteiger partial charge in [0.05, 0.1) is 0 Å². The topological polar surface area (TPSA) is 43.9 Å². The highest BCUT2D eigenvalue weighted by atomic mass is 16.2. The summed E-state index contributed by atoms with van der Waals surface area (Å²) in [6.07, 6.45) is 0.877. The number of piperazine rings is 1. The molecule has 2 heterocycles. The van der Waals surface area contributed by atoms with Crippen LogP contribution in [-0.4, -0.2) is 60.9 Å². The van der Waals surface area contributed by atoms with Crippen LogP contribution in [0, 0.1) is 0 Å². The average Bonchev–Trinajstić information content (AvgIpc) is 3.03. The predicted octanol–water partition coefficient (Wildman–Crippen LogP) is 2.67. The number of benzene rings is 2. The lowest BCUT2D eigenvalue weighted by Crippen LogP contribution is -2.47. The van der Waals surface area contributed by atoms with E-state index in [-0.39, 0.29) is 17.9 Å². The molecule has 0 spiro atoms. The third kappa shape index (κ3) is 3.35. The lowest BCUT2D eigenvalue weighted by molar-refractivity contribution is 0.0663. The van der Waals surface area contributed by atoms with Gasteiger partial charge in [-0.05, 0) is 56.3 Å². The number of para-hydroxylation sites is 1. The third-order valence-electron chi connectivity index (χ3n) is 5.60. The van der Waals surface area contributed by atoms with Gasteiger partial charge in [-0.15, -0.1) is 0 Å². The van der Waals surface area contributed by atoms with Crippen molar-refractivity contribution in [2.45, 2.75) is 19.4 Å². The minimum atomic E-state index is -0.00829. The van der Waals surface area contributed by atoms with Gasteiger partial charge in [-0.3, -0.25) is 9.59 Å². The van der Waals surface area contributed by atoms with Crippen molar-refractivity contribution in [3.8, 4) is 0 Å². The molecule has 2 aromatic carbocycles. The zero-order valence-corrected chi connectivity index (χ0v) is 15.9. The van der Waals surface area contributed by atoms with E-state index in [1.807, 2.05) is 28.0 Å². The highest BCUT2D eigenvalue weighted by molar-refractivity contribution is 6.08. The molecule has 0 radical (unpaired) electrons. The van der Waals surface area contributed by atoms with E-state index < -0.39 is 0 Å². The van der Waals surface area contributed by atoms with Gasteiger partial charge in [-0.1, -0.05) is 18.2 Å². The molecule has 0 aliphatic carbocycles. The molecule has 1 saturated heterocycles. The fourth-order valence-electron chi connectivity index (χ4n) is 3.96. The van der Waals surface area contributed by atoms with Gasteiger partial charge < -0.3 is 14.7 Å². The molecule has 5 nitrogen and oxygen atoms in total. The number of hydrogen-bond donors (Lipinski definition) is 0. The third-order valence-corrected chi connectivity index (χ3v) is 5.60. The molecule has 0 bridgehead atoms. The van der Waals surface area contributed by atoms with Crippen molar-refractivity contribution in [2.75, 3.05) is 38.1 Å². The van der Waals surface area contributed by atoms with Gasteiger partial charge in [0.25, 0.3) is 11.8 Å². The van der Waals surface area contributed by atoms with E-state index in [1.165, 1.54) is 5.56 Å². The highest BCUT2D eigenvalue weighted by Gasteiger charge is 2.31. The number of rotatable bonds is 2. The first kappa shape index (κ1) is 17.7. The molecule has 1 fully saturated rings. The summed E-state index contributed by atoms with van der Waals surface area (Å²) in [4.78, 5) is 31.7. The number of carbonyl (C=O) groups excluding carboxylic acids is 2. The van der Waals surface area contributed by atoms with E-state index in [1.54, 1.807) is 24.3 Å². The summed E-state index contributed by atoms with van der Waals surface area (Å²) in [5, 5.41) is 0. The maximum Gasteiger partial charge on any atom is 0.258 e. The van der Waals surface area contributed by atoms with Crippen LogP contribution in [-0.2, 0) is 6.42 Å². The number of fused-ring (bicyclic) bond motifs is 1. The molecule has 1 unspecified atom stereocenters. The second kappa shape index (κ2) is 7.16. The fraction of sp³-hybridized carbons (Fsp3) is 0.364. The zero-order chi connectivity index (χ0) is 19.0. The molecule has 27 heavy (non-hydrogen) atoms. The highest BCUT2D eigenvalue weighted by Crippen LogP contribution is 2.33. The first-order chi connectivity index (χ1) is 13.0. The summed E-state index contributed by atoms with van der Waals surface area (Å²) in [7, 11) is 2.07. The van der Waals surface area contributed by atoms with Crippen molar-refractivity contribution < 1.29 is 9.59 Å². The van der Waals surface area contributed by atoms with Crippen LogP contribution in [0.3, 0.4) is 0 Å². The molecule has 4 rings (SSSR count).